The molecule has 0 unspecified atom stereocenters. The van der Waals surface area contributed by atoms with Crippen molar-refractivity contribution in [2.24, 2.45) is 16.6 Å². The van der Waals surface area contributed by atoms with Crippen LogP contribution in [0.25, 0.3) is 0 Å². The van der Waals surface area contributed by atoms with Gasteiger partial charge < -0.3 is 20.3 Å². The Balaban J connectivity index is 0.931. The Morgan fingerprint density at radius 3 is 2.38 bits per heavy atom. The van der Waals surface area contributed by atoms with Gasteiger partial charge in [-0.15, -0.1) is 0 Å². The number of nitriles is 1. The molecule has 3 aliphatic heterocycles. The van der Waals surface area contributed by atoms with Gasteiger partial charge in [-0.3, -0.25) is 34.0 Å². The molecular weight excluding hydrogens is 761 g/mol. The van der Waals surface area contributed by atoms with Gasteiger partial charge in [-0.2, -0.15) is 5.26 Å². The zero-order valence-corrected chi connectivity index (χ0v) is 34.4. The average Bonchev–Trinajstić information content (AvgIpc) is 3.50. The van der Waals surface area contributed by atoms with Gasteiger partial charge >= 0.3 is 0 Å². The predicted molar refractivity (Wildman–Crippen MR) is 217 cm³/mol. The molecule has 3 fully saturated rings. The molecule has 306 valence electrons. The number of nitrogens with zero attached hydrogens (tertiary/aromatic N) is 6. The fourth-order valence-electron chi connectivity index (χ4n) is 9.98. The number of pyridine rings is 1. The second-order valence-corrected chi connectivity index (χ2v) is 17.6. The van der Waals surface area contributed by atoms with Crippen LogP contribution in [0.15, 0.2) is 48.7 Å². The first kappa shape index (κ1) is 41.1. The fraction of sp³-hybridized carbons (Fsp3) is 0.500. The summed E-state index contributed by atoms with van der Waals surface area (Å²) in [5.74, 6) is -1.41. The van der Waals surface area contributed by atoms with Crippen molar-refractivity contribution in [2.45, 2.75) is 97.4 Å². The molecule has 4 aliphatic rings. The lowest BCUT2D eigenvalue weighted by atomic mass is 9.48. The first-order chi connectivity index (χ1) is 27.6. The molecule has 1 aliphatic carbocycles. The van der Waals surface area contributed by atoms with Crippen molar-refractivity contribution in [1.82, 2.24) is 19.7 Å². The highest BCUT2D eigenvalue weighted by atomic mass is 35.5. The number of anilines is 1. The van der Waals surface area contributed by atoms with Crippen molar-refractivity contribution in [2.75, 3.05) is 37.6 Å². The van der Waals surface area contributed by atoms with Crippen molar-refractivity contribution in [3.8, 4) is 11.8 Å². The van der Waals surface area contributed by atoms with E-state index in [1.165, 1.54) is 22.1 Å². The van der Waals surface area contributed by atoms with Crippen LogP contribution < -0.4 is 15.4 Å². The smallest absolute Gasteiger partial charge is 0.255 e. The Morgan fingerprint density at radius 1 is 1.00 bits per heavy atom. The van der Waals surface area contributed by atoms with Crippen LogP contribution >= 0.6 is 11.6 Å². The molecular formula is C44H51ClFN7O5. The molecule has 58 heavy (non-hydrogen) atoms. The number of carbonyl (C=O) groups is 4. The first-order valence-corrected chi connectivity index (χ1v) is 20.6. The molecule has 4 heterocycles. The number of aromatic nitrogens is 1. The number of primary amides is 1. The lowest BCUT2D eigenvalue weighted by Gasteiger charge is -2.66. The summed E-state index contributed by atoms with van der Waals surface area (Å²) in [6.07, 6.45) is 6.53. The summed E-state index contributed by atoms with van der Waals surface area (Å²) in [6.45, 7) is 11.7. The molecule has 2 N–H and O–H groups in total. The number of nitrogens with two attached hydrogens (primary N) is 1. The summed E-state index contributed by atoms with van der Waals surface area (Å²) >= 11 is 6.27. The van der Waals surface area contributed by atoms with Gasteiger partial charge in [0.15, 0.2) is 0 Å². The number of likely N-dealkylation sites (tertiary alicyclic amines) is 1. The number of piperidine rings is 1. The van der Waals surface area contributed by atoms with Crippen LogP contribution in [0.5, 0.6) is 5.75 Å². The van der Waals surface area contributed by atoms with E-state index in [4.69, 9.17) is 22.1 Å². The number of halogens is 2. The zero-order valence-electron chi connectivity index (χ0n) is 33.6. The summed E-state index contributed by atoms with van der Waals surface area (Å²) in [5.41, 5.74) is 7.01. The maximum Gasteiger partial charge on any atom is 0.255 e. The molecule has 12 nitrogen and oxygen atoms in total. The molecule has 0 spiro atoms. The van der Waals surface area contributed by atoms with Gasteiger partial charge in [0, 0.05) is 73.5 Å². The van der Waals surface area contributed by atoms with E-state index in [-0.39, 0.29) is 42.0 Å². The number of unbranched alkanes of at least 4 members (excludes halogenated alkanes) is 3. The van der Waals surface area contributed by atoms with Gasteiger partial charge in [0.2, 0.25) is 11.8 Å². The standard InChI is InChI=1S/C44H51ClFN7O5/c1-43(2)41(44(3,4)42(43)58-31-13-11-27(24-47)33(45)22-31)53-37(54)15-14-35(40(53)57)52-26-29-21-34(46)36(23-32(29)39(52)56)51-19-17-50(18-20-51)16-8-6-5-7-9-30-12-10-28(25-49-30)38(48)55/h10-13,21-23,25,35,41-42H,5-9,14-20,26H2,1-4H3,(H2,48,55)/t35-,41?,42?/m1/s1. The lowest BCUT2D eigenvalue weighted by molar-refractivity contribution is -0.216. The Kier molecular flexibility index (Phi) is 11.6. The summed E-state index contributed by atoms with van der Waals surface area (Å²) < 4.78 is 22.1. The van der Waals surface area contributed by atoms with Gasteiger partial charge in [0.05, 0.1) is 27.9 Å². The Labute approximate surface area is 344 Å². The maximum absolute atomic E-state index is 15.7. The molecule has 1 saturated carbocycles. The normalized spacial score (nSPS) is 22.7. The van der Waals surface area contributed by atoms with Gasteiger partial charge in [-0.1, -0.05) is 52.1 Å². The van der Waals surface area contributed by atoms with Crippen LogP contribution in [0.1, 0.15) is 104 Å². The van der Waals surface area contributed by atoms with E-state index in [0.717, 1.165) is 57.4 Å². The molecule has 2 aromatic carbocycles. The number of amides is 4. The van der Waals surface area contributed by atoms with E-state index in [9.17, 15) is 24.4 Å². The highest BCUT2D eigenvalue weighted by molar-refractivity contribution is 6.31. The third-order valence-corrected chi connectivity index (χ3v) is 12.9. The molecule has 1 aromatic heterocycles. The molecule has 0 bridgehead atoms. The van der Waals surface area contributed by atoms with E-state index in [0.29, 0.717) is 46.8 Å². The summed E-state index contributed by atoms with van der Waals surface area (Å²) in [4.78, 5) is 64.8. The monoisotopic (exact) mass is 811 g/mol. The van der Waals surface area contributed by atoms with Crippen LogP contribution in [0, 0.1) is 28.0 Å². The second-order valence-electron chi connectivity index (χ2n) is 17.2. The Hall–Kier alpha value is -5.06. The van der Waals surface area contributed by atoms with Crippen LogP contribution in [-0.4, -0.2) is 94.2 Å². The Bertz CT molecular complexity index is 2130. The second kappa shape index (κ2) is 16.3. The van der Waals surface area contributed by atoms with Crippen LogP contribution in [0.2, 0.25) is 5.02 Å². The van der Waals surface area contributed by atoms with Gasteiger partial charge in [0.25, 0.3) is 11.8 Å². The minimum Gasteiger partial charge on any atom is -0.489 e. The molecule has 1 atom stereocenters. The van der Waals surface area contributed by atoms with Crippen molar-refractivity contribution in [3.63, 3.8) is 0 Å². The van der Waals surface area contributed by atoms with Crippen molar-refractivity contribution < 1.29 is 28.3 Å². The summed E-state index contributed by atoms with van der Waals surface area (Å²) in [7, 11) is 0. The molecule has 7 rings (SSSR count). The quantitative estimate of drug-likeness (QED) is 0.159. The number of fused-ring (bicyclic) bond motifs is 1. The number of aryl methyl sites for hydroxylation is 1. The predicted octanol–water partition coefficient (Wildman–Crippen LogP) is 6.13. The maximum atomic E-state index is 15.7. The average molecular weight is 812 g/mol. The fourth-order valence-corrected chi connectivity index (χ4v) is 10.2. The van der Waals surface area contributed by atoms with Crippen LogP contribution in [-0.2, 0) is 22.6 Å². The van der Waals surface area contributed by atoms with E-state index in [1.807, 2.05) is 44.7 Å². The number of hydrogen-bond acceptors (Lipinski definition) is 9. The van der Waals surface area contributed by atoms with E-state index in [2.05, 4.69) is 9.88 Å². The minimum atomic E-state index is -0.858. The molecule has 3 aromatic rings. The van der Waals surface area contributed by atoms with Gasteiger partial charge in [-0.25, -0.2) is 4.39 Å². The number of ether oxygens (including phenoxy) is 1. The first-order valence-electron chi connectivity index (χ1n) is 20.2. The lowest BCUT2D eigenvalue weighted by Crippen LogP contribution is -2.77. The van der Waals surface area contributed by atoms with Gasteiger partial charge in [-0.05, 0) is 74.2 Å². The number of piperazine rings is 1. The molecule has 4 amide bonds. The SMILES string of the molecule is CC1(C)C(Oc2ccc(C#N)c(Cl)c2)C(C)(C)C1N1C(=O)CC[C@@H](N2Cc3cc(F)c(N4CCN(CCCCCCc5ccc(C(N)=O)cn5)CC4)cc3C2=O)C1=O. The van der Waals surface area contributed by atoms with Crippen molar-refractivity contribution >= 4 is 40.9 Å². The number of benzene rings is 2. The van der Waals surface area contributed by atoms with Crippen molar-refractivity contribution in [3.05, 3.63) is 87.4 Å². The van der Waals surface area contributed by atoms with Crippen LogP contribution in [0.4, 0.5) is 10.1 Å². The molecule has 14 heteroatoms. The number of hydrogen-bond donors (Lipinski definition) is 1. The van der Waals surface area contributed by atoms with Gasteiger partial charge in [0.1, 0.15) is 29.8 Å². The number of rotatable bonds is 13. The van der Waals surface area contributed by atoms with E-state index < -0.39 is 40.8 Å². The van der Waals surface area contributed by atoms with E-state index in [1.54, 1.807) is 30.3 Å². The largest absolute Gasteiger partial charge is 0.489 e. The summed E-state index contributed by atoms with van der Waals surface area (Å²) in [5, 5.41) is 9.55. The minimum absolute atomic E-state index is 0.0955. The topological polar surface area (TPSA) is 153 Å². The number of imide groups is 1. The van der Waals surface area contributed by atoms with E-state index >= 15 is 4.39 Å². The summed E-state index contributed by atoms with van der Waals surface area (Å²) in [6, 6.07) is 12.2. The van der Waals surface area contributed by atoms with Crippen LogP contribution in [0.3, 0.4) is 0 Å². The molecule has 0 radical (unpaired) electrons. The highest BCUT2D eigenvalue weighted by Crippen LogP contribution is 2.58. The zero-order chi connectivity index (χ0) is 41.5. The molecule has 2 saturated heterocycles. The highest BCUT2D eigenvalue weighted by Gasteiger charge is 2.68. The third kappa shape index (κ3) is 7.76. The Morgan fingerprint density at radius 2 is 1.72 bits per heavy atom. The number of carbonyl (C=O) groups excluding carboxylic acids is 4. The third-order valence-electron chi connectivity index (χ3n) is 12.6. The van der Waals surface area contributed by atoms with Crippen molar-refractivity contribution in [1.29, 1.82) is 5.26 Å².